The molecule has 1 aromatic heterocycles. The number of amides is 2. The third-order valence-electron chi connectivity index (χ3n) is 4.13. The first-order valence-electron chi connectivity index (χ1n) is 8.01. The maximum Gasteiger partial charge on any atom is 0.275 e. The highest BCUT2D eigenvalue weighted by molar-refractivity contribution is 6.04. The van der Waals surface area contributed by atoms with Crippen LogP contribution in [0.4, 0.5) is 0 Å². The van der Waals surface area contributed by atoms with Crippen LogP contribution < -0.4 is 5.32 Å². The molecule has 3 rings (SSSR count). The molecule has 0 fully saturated rings. The fourth-order valence-electron chi connectivity index (χ4n) is 2.72. The van der Waals surface area contributed by atoms with Crippen LogP contribution >= 0.6 is 0 Å². The van der Waals surface area contributed by atoms with Crippen molar-refractivity contribution in [2.75, 3.05) is 14.1 Å². The molecule has 0 aliphatic rings. The molecule has 6 nitrogen and oxygen atoms in total. The molecule has 2 N–H and O–H groups in total. The Labute approximate surface area is 145 Å². The van der Waals surface area contributed by atoms with Crippen LogP contribution in [0, 0.1) is 6.92 Å². The molecule has 0 radical (unpaired) electrons. The number of H-pyrrole nitrogens is 1. The number of aromatic nitrogens is 2. The van der Waals surface area contributed by atoms with Crippen LogP contribution in [0.1, 0.15) is 32.0 Å². The number of aryl methyl sites for hydroxylation is 1. The largest absolute Gasteiger partial charge is 0.355 e. The van der Waals surface area contributed by atoms with Gasteiger partial charge in [0.15, 0.2) is 5.69 Å². The van der Waals surface area contributed by atoms with E-state index in [1.807, 2.05) is 37.3 Å². The Morgan fingerprint density at radius 3 is 2.56 bits per heavy atom. The third kappa shape index (κ3) is 3.38. The van der Waals surface area contributed by atoms with Crippen molar-refractivity contribution in [3.05, 3.63) is 64.8 Å². The normalized spacial score (nSPS) is 10.7. The van der Waals surface area contributed by atoms with Gasteiger partial charge in [-0.1, -0.05) is 23.8 Å². The van der Waals surface area contributed by atoms with Crippen molar-refractivity contribution >= 4 is 22.7 Å². The van der Waals surface area contributed by atoms with Gasteiger partial charge in [-0.05, 0) is 36.8 Å². The molecule has 3 aromatic rings. The van der Waals surface area contributed by atoms with Gasteiger partial charge in [-0.15, -0.1) is 0 Å². The molecular formula is C19H20N4O2. The van der Waals surface area contributed by atoms with E-state index in [1.165, 1.54) is 0 Å². The summed E-state index contributed by atoms with van der Waals surface area (Å²) in [6.45, 7) is 2.42. The van der Waals surface area contributed by atoms with Gasteiger partial charge in [0.2, 0.25) is 0 Å². The summed E-state index contributed by atoms with van der Waals surface area (Å²) in [5, 5.41) is 10.5. The van der Waals surface area contributed by atoms with E-state index in [-0.39, 0.29) is 11.8 Å². The summed E-state index contributed by atoms with van der Waals surface area (Å²) in [7, 11) is 3.34. The average Bonchev–Trinajstić information content (AvgIpc) is 3.03. The number of carbonyl (C=O) groups excluding carboxylic acids is 2. The standard InChI is InChI=1S/C19H20N4O2/c1-12-4-9-16-15(10-12)17(22-21-16)19(25)23(3)11-13-5-7-14(8-6-13)18(24)20-2/h4-10H,11H2,1-3H3,(H,20,24)(H,21,22). The fraction of sp³-hybridized carbons (Fsp3) is 0.211. The Balaban J connectivity index is 1.78. The molecule has 0 bridgehead atoms. The molecule has 2 aromatic carbocycles. The lowest BCUT2D eigenvalue weighted by molar-refractivity contribution is 0.0780. The molecule has 0 saturated heterocycles. The van der Waals surface area contributed by atoms with Gasteiger partial charge in [-0.25, -0.2) is 0 Å². The van der Waals surface area contributed by atoms with Gasteiger partial charge < -0.3 is 10.2 Å². The quantitative estimate of drug-likeness (QED) is 0.768. The Morgan fingerprint density at radius 1 is 1.16 bits per heavy atom. The molecule has 0 aliphatic carbocycles. The van der Waals surface area contributed by atoms with Crippen LogP contribution in [0.3, 0.4) is 0 Å². The first-order valence-corrected chi connectivity index (χ1v) is 8.01. The molecule has 0 saturated carbocycles. The Kier molecular flexibility index (Phi) is 4.52. The second-order valence-electron chi connectivity index (χ2n) is 6.06. The summed E-state index contributed by atoms with van der Waals surface area (Å²) >= 11 is 0. The van der Waals surface area contributed by atoms with Gasteiger partial charge in [-0.2, -0.15) is 5.10 Å². The molecule has 6 heteroatoms. The molecule has 2 amide bonds. The first kappa shape index (κ1) is 16.7. The highest BCUT2D eigenvalue weighted by Gasteiger charge is 2.18. The molecule has 0 spiro atoms. The van der Waals surface area contributed by atoms with Gasteiger partial charge in [0.25, 0.3) is 11.8 Å². The molecule has 128 valence electrons. The maximum absolute atomic E-state index is 12.7. The summed E-state index contributed by atoms with van der Waals surface area (Å²) in [6, 6.07) is 13.1. The van der Waals surface area contributed by atoms with Crippen molar-refractivity contribution in [3.8, 4) is 0 Å². The lowest BCUT2D eigenvalue weighted by Crippen LogP contribution is -2.26. The van der Waals surface area contributed by atoms with E-state index < -0.39 is 0 Å². The van der Waals surface area contributed by atoms with Crippen molar-refractivity contribution in [1.82, 2.24) is 20.4 Å². The number of hydrogen-bond acceptors (Lipinski definition) is 3. The van der Waals surface area contributed by atoms with E-state index in [2.05, 4.69) is 15.5 Å². The zero-order valence-corrected chi connectivity index (χ0v) is 14.5. The van der Waals surface area contributed by atoms with Gasteiger partial charge in [0.1, 0.15) is 0 Å². The molecule has 1 heterocycles. The number of carbonyl (C=O) groups is 2. The lowest BCUT2D eigenvalue weighted by atomic mass is 10.1. The van der Waals surface area contributed by atoms with Crippen LogP contribution in [-0.2, 0) is 6.54 Å². The minimum Gasteiger partial charge on any atom is -0.355 e. The predicted octanol–water partition coefficient (Wildman–Crippen LogP) is 2.50. The number of aromatic amines is 1. The minimum atomic E-state index is -0.146. The summed E-state index contributed by atoms with van der Waals surface area (Å²) < 4.78 is 0. The highest BCUT2D eigenvalue weighted by Crippen LogP contribution is 2.19. The molecule has 0 atom stereocenters. The van der Waals surface area contributed by atoms with Crippen molar-refractivity contribution in [3.63, 3.8) is 0 Å². The van der Waals surface area contributed by atoms with Crippen LogP contribution in [0.25, 0.3) is 10.9 Å². The number of nitrogens with zero attached hydrogens (tertiary/aromatic N) is 2. The summed E-state index contributed by atoms with van der Waals surface area (Å²) in [4.78, 5) is 25.9. The summed E-state index contributed by atoms with van der Waals surface area (Å²) in [5.74, 6) is -0.276. The minimum absolute atomic E-state index is 0.130. The fourth-order valence-corrected chi connectivity index (χ4v) is 2.72. The number of fused-ring (bicyclic) bond motifs is 1. The monoisotopic (exact) mass is 336 g/mol. The Morgan fingerprint density at radius 2 is 1.88 bits per heavy atom. The molecule has 25 heavy (non-hydrogen) atoms. The van der Waals surface area contributed by atoms with E-state index in [9.17, 15) is 9.59 Å². The average molecular weight is 336 g/mol. The Hall–Kier alpha value is -3.15. The first-order chi connectivity index (χ1) is 12.0. The number of hydrogen-bond donors (Lipinski definition) is 2. The zero-order chi connectivity index (χ0) is 18.0. The smallest absolute Gasteiger partial charge is 0.275 e. The van der Waals surface area contributed by atoms with Gasteiger partial charge in [-0.3, -0.25) is 14.7 Å². The molecular weight excluding hydrogens is 316 g/mol. The van der Waals surface area contributed by atoms with E-state index >= 15 is 0 Å². The van der Waals surface area contributed by atoms with Crippen LogP contribution in [0.15, 0.2) is 42.5 Å². The maximum atomic E-state index is 12.7. The van der Waals surface area contributed by atoms with Gasteiger partial charge in [0, 0.05) is 31.6 Å². The van der Waals surface area contributed by atoms with Crippen molar-refractivity contribution in [2.45, 2.75) is 13.5 Å². The van der Waals surface area contributed by atoms with Crippen LogP contribution in [-0.4, -0.2) is 41.0 Å². The third-order valence-corrected chi connectivity index (χ3v) is 4.13. The number of nitrogens with one attached hydrogen (secondary N) is 2. The predicted molar refractivity (Wildman–Crippen MR) is 96.5 cm³/mol. The van der Waals surface area contributed by atoms with Gasteiger partial charge >= 0.3 is 0 Å². The second kappa shape index (κ2) is 6.76. The SMILES string of the molecule is CNC(=O)c1ccc(CN(C)C(=O)c2n[nH]c3ccc(C)cc23)cc1. The van der Waals surface area contributed by atoms with Gasteiger partial charge in [0.05, 0.1) is 5.52 Å². The van der Waals surface area contributed by atoms with Crippen molar-refractivity contribution in [1.29, 1.82) is 0 Å². The number of benzene rings is 2. The molecule has 0 unspecified atom stereocenters. The van der Waals surface area contributed by atoms with Crippen molar-refractivity contribution in [2.24, 2.45) is 0 Å². The molecule has 0 aliphatic heterocycles. The second-order valence-corrected chi connectivity index (χ2v) is 6.06. The summed E-state index contributed by atoms with van der Waals surface area (Å²) in [5.41, 5.74) is 3.88. The van der Waals surface area contributed by atoms with E-state index in [4.69, 9.17) is 0 Å². The Bertz CT molecular complexity index is 928. The van der Waals surface area contributed by atoms with Crippen LogP contribution in [0.5, 0.6) is 0 Å². The van der Waals surface area contributed by atoms with E-state index in [0.717, 1.165) is 22.0 Å². The van der Waals surface area contributed by atoms with E-state index in [0.29, 0.717) is 17.8 Å². The number of rotatable bonds is 4. The van der Waals surface area contributed by atoms with Crippen molar-refractivity contribution < 1.29 is 9.59 Å². The lowest BCUT2D eigenvalue weighted by Gasteiger charge is -2.16. The zero-order valence-electron chi connectivity index (χ0n) is 14.5. The van der Waals surface area contributed by atoms with Crippen LogP contribution in [0.2, 0.25) is 0 Å². The van der Waals surface area contributed by atoms with E-state index in [1.54, 1.807) is 31.1 Å². The topological polar surface area (TPSA) is 78.1 Å². The summed E-state index contributed by atoms with van der Waals surface area (Å²) in [6.07, 6.45) is 0. The highest BCUT2D eigenvalue weighted by atomic mass is 16.2.